The molecule has 38 heavy (non-hydrogen) atoms. The highest BCUT2D eigenvalue weighted by molar-refractivity contribution is 7.89. The van der Waals surface area contributed by atoms with Crippen molar-refractivity contribution in [2.24, 2.45) is 0 Å². The van der Waals surface area contributed by atoms with Crippen LogP contribution < -0.4 is 5.56 Å². The Labute approximate surface area is 216 Å². The van der Waals surface area contributed by atoms with E-state index in [0.29, 0.717) is 30.9 Å². The molecule has 0 radical (unpaired) electrons. The molecule has 0 spiro atoms. The van der Waals surface area contributed by atoms with Crippen LogP contribution in [0.15, 0.2) is 52.2 Å². The van der Waals surface area contributed by atoms with Crippen molar-refractivity contribution in [2.45, 2.75) is 50.2 Å². The van der Waals surface area contributed by atoms with Gasteiger partial charge in [-0.1, -0.05) is 29.0 Å². The summed E-state index contributed by atoms with van der Waals surface area (Å²) in [5.74, 6) is 0.216. The van der Waals surface area contributed by atoms with Crippen molar-refractivity contribution in [3.8, 4) is 0 Å². The second kappa shape index (κ2) is 9.62. The molecule has 4 aromatic rings. The van der Waals surface area contributed by atoms with Crippen molar-refractivity contribution in [1.82, 2.24) is 29.3 Å². The van der Waals surface area contributed by atoms with Gasteiger partial charge in [-0.25, -0.2) is 18.1 Å². The van der Waals surface area contributed by atoms with E-state index in [1.807, 2.05) is 32.0 Å². The van der Waals surface area contributed by atoms with Gasteiger partial charge in [0.05, 0.1) is 17.0 Å². The quantitative estimate of drug-likeness (QED) is 0.408. The first-order valence-electron chi connectivity index (χ1n) is 12.0. The minimum Gasteiger partial charge on any atom is -0.308 e. The van der Waals surface area contributed by atoms with Gasteiger partial charge < -0.3 is 4.98 Å². The largest absolute Gasteiger partial charge is 0.416 e. The predicted octanol–water partition coefficient (Wildman–Crippen LogP) is 3.77. The van der Waals surface area contributed by atoms with Crippen LogP contribution in [-0.2, 0) is 22.7 Å². The Morgan fingerprint density at radius 1 is 1.05 bits per heavy atom. The molecule has 0 amide bonds. The molecule has 0 unspecified atom stereocenters. The molecule has 1 N–H and O–H groups in total. The lowest BCUT2D eigenvalue weighted by Crippen LogP contribution is -2.38. The molecule has 0 aliphatic carbocycles. The molecule has 1 fully saturated rings. The number of nitrogens with zero attached hydrogens (tertiary/aromatic N) is 5. The number of piperidine rings is 1. The highest BCUT2D eigenvalue weighted by Crippen LogP contribution is 2.32. The summed E-state index contributed by atoms with van der Waals surface area (Å²) in [6.07, 6.45) is -3.78. The van der Waals surface area contributed by atoms with Crippen LogP contribution in [0.1, 0.15) is 46.8 Å². The van der Waals surface area contributed by atoms with E-state index in [2.05, 4.69) is 20.3 Å². The molecule has 2 aromatic heterocycles. The molecule has 9 nitrogen and oxygen atoms in total. The van der Waals surface area contributed by atoms with Crippen molar-refractivity contribution in [3.05, 3.63) is 80.9 Å². The molecule has 1 aliphatic rings. The molecule has 1 saturated heterocycles. The molecule has 0 atom stereocenters. The van der Waals surface area contributed by atoms with Crippen molar-refractivity contribution >= 4 is 21.2 Å². The molecule has 13 heteroatoms. The lowest BCUT2D eigenvalue weighted by molar-refractivity contribution is -0.137. The number of halogens is 3. The fourth-order valence-electron chi connectivity index (χ4n) is 4.65. The van der Waals surface area contributed by atoms with Crippen LogP contribution in [0.5, 0.6) is 0 Å². The van der Waals surface area contributed by atoms with E-state index in [9.17, 15) is 26.4 Å². The van der Waals surface area contributed by atoms with E-state index in [0.717, 1.165) is 41.0 Å². The van der Waals surface area contributed by atoms with Crippen molar-refractivity contribution in [2.75, 3.05) is 13.1 Å². The van der Waals surface area contributed by atoms with Crippen molar-refractivity contribution < 1.29 is 21.6 Å². The average molecular weight is 547 g/mol. The standard InChI is InChI=1S/C25H25F3N6O3S/c1-15-3-4-16(2)18(13-15)14-34-23-21(31-32-34)24(35)30-22(29-23)17-9-11-33(12-10-17)38(36,37)20-7-5-19(6-8-20)25(26,27)28/h3-8,13,17H,9-12,14H2,1-2H3,(H,29,30,35). The van der Waals surface area contributed by atoms with Crippen LogP contribution in [0.25, 0.3) is 11.2 Å². The second-order valence-electron chi connectivity index (χ2n) is 9.50. The van der Waals surface area contributed by atoms with Gasteiger partial charge in [-0.05, 0) is 62.1 Å². The number of aromatic nitrogens is 5. The van der Waals surface area contributed by atoms with Gasteiger partial charge in [0.1, 0.15) is 5.82 Å². The number of sulfonamides is 1. The normalized spacial score (nSPS) is 15.8. The zero-order valence-electron chi connectivity index (χ0n) is 20.7. The van der Waals surface area contributed by atoms with E-state index in [1.165, 1.54) is 4.31 Å². The Hall–Kier alpha value is -3.58. The Kier molecular flexibility index (Phi) is 6.59. The first-order valence-corrected chi connectivity index (χ1v) is 13.4. The Bertz CT molecular complexity index is 1650. The molecular weight excluding hydrogens is 521 g/mol. The maximum atomic E-state index is 13.0. The smallest absolute Gasteiger partial charge is 0.308 e. The first-order chi connectivity index (χ1) is 17.9. The van der Waals surface area contributed by atoms with Gasteiger partial charge in [0.15, 0.2) is 11.2 Å². The topological polar surface area (TPSA) is 114 Å². The number of aromatic amines is 1. The maximum absolute atomic E-state index is 13.0. The Morgan fingerprint density at radius 2 is 1.74 bits per heavy atom. The average Bonchev–Trinajstić information content (AvgIpc) is 3.29. The third-order valence-electron chi connectivity index (χ3n) is 6.88. The third-order valence-corrected chi connectivity index (χ3v) is 8.79. The van der Waals surface area contributed by atoms with E-state index in [1.54, 1.807) is 4.68 Å². The Balaban J connectivity index is 1.35. The third kappa shape index (κ3) is 4.95. The van der Waals surface area contributed by atoms with Gasteiger partial charge in [-0.2, -0.15) is 17.5 Å². The minimum absolute atomic E-state index is 0.126. The summed E-state index contributed by atoms with van der Waals surface area (Å²) in [7, 11) is -3.96. The zero-order valence-corrected chi connectivity index (χ0v) is 21.5. The Morgan fingerprint density at radius 3 is 2.39 bits per heavy atom. The van der Waals surface area contributed by atoms with Crippen LogP contribution in [-0.4, -0.2) is 50.8 Å². The number of nitrogens with one attached hydrogen (secondary N) is 1. The van der Waals surface area contributed by atoms with Crippen LogP contribution in [0, 0.1) is 13.8 Å². The van der Waals surface area contributed by atoms with Crippen LogP contribution in [0.2, 0.25) is 0 Å². The number of hydrogen-bond acceptors (Lipinski definition) is 6. The molecule has 0 saturated carbocycles. The first kappa shape index (κ1) is 26.0. The van der Waals surface area contributed by atoms with Gasteiger partial charge in [0, 0.05) is 19.0 Å². The fraction of sp³-hybridized carbons (Fsp3) is 0.360. The summed E-state index contributed by atoms with van der Waals surface area (Å²) in [5.41, 5.74) is 2.35. The zero-order chi connectivity index (χ0) is 27.2. The molecule has 3 heterocycles. The van der Waals surface area contributed by atoms with Gasteiger partial charge >= 0.3 is 6.18 Å². The SMILES string of the molecule is Cc1ccc(C)c(Cn2nnc3c(=O)[nH]c(C4CCN(S(=O)(=O)c5ccc(C(F)(F)F)cc5)CC4)nc32)c1. The number of fused-ring (bicyclic) bond motifs is 1. The molecule has 0 bridgehead atoms. The van der Waals surface area contributed by atoms with Gasteiger partial charge in [-0.3, -0.25) is 4.79 Å². The van der Waals surface area contributed by atoms with Gasteiger partial charge in [0.25, 0.3) is 5.56 Å². The molecule has 2 aromatic carbocycles. The summed E-state index contributed by atoms with van der Waals surface area (Å²) in [6, 6.07) is 9.55. The molecular formula is C25H25F3N6O3S. The lowest BCUT2D eigenvalue weighted by Gasteiger charge is -2.30. The van der Waals surface area contributed by atoms with Crippen LogP contribution >= 0.6 is 0 Å². The van der Waals surface area contributed by atoms with Gasteiger partial charge in [0.2, 0.25) is 10.0 Å². The van der Waals surface area contributed by atoms with Crippen molar-refractivity contribution in [1.29, 1.82) is 0 Å². The summed E-state index contributed by atoms with van der Waals surface area (Å²) < 4.78 is 67.4. The molecule has 200 valence electrons. The highest BCUT2D eigenvalue weighted by atomic mass is 32.2. The number of benzene rings is 2. The number of hydrogen-bond donors (Lipinski definition) is 1. The summed E-state index contributed by atoms with van der Waals surface area (Å²) in [6.45, 7) is 4.65. The highest BCUT2D eigenvalue weighted by Gasteiger charge is 2.33. The minimum atomic E-state index is -4.55. The van der Waals surface area contributed by atoms with E-state index in [4.69, 9.17) is 0 Å². The van der Waals surface area contributed by atoms with E-state index in [-0.39, 0.29) is 29.4 Å². The summed E-state index contributed by atoms with van der Waals surface area (Å²) in [4.78, 5) is 20.0. The lowest BCUT2D eigenvalue weighted by atomic mass is 9.97. The second-order valence-corrected chi connectivity index (χ2v) is 11.4. The van der Waals surface area contributed by atoms with Crippen LogP contribution in [0.3, 0.4) is 0 Å². The number of H-pyrrole nitrogens is 1. The number of aryl methyl sites for hydroxylation is 2. The molecule has 5 rings (SSSR count). The van der Waals surface area contributed by atoms with Gasteiger partial charge in [-0.15, -0.1) is 5.10 Å². The summed E-state index contributed by atoms with van der Waals surface area (Å²) in [5, 5.41) is 8.13. The maximum Gasteiger partial charge on any atom is 0.416 e. The summed E-state index contributed by atoms with van der Waals surface area (Å²) >= 11 is 0. The van der Waals surface area contributed by atoms with Crippen LogP contribution in [0.4, 0.5) is 13.2 Å². The number of alkyl halides is 3. The predicted molar refractivity (Wildman–Crippen MR) is 133 cm³/mol. The van der Waals surface area contributed by atoms with E-state index >= 15 is 0 Å². The number of rotatable bonds is 5. The molecule has 1 aliphatic heterocycles. The van der Waals surface area contributed by atoms with Crippen molar-refractivity contribution in [3.63, 3.8) is 0 Å². The fourth-order valence-corrected chi connectivity index (χ4v) is 6.12. The monoisotopic (exact) mass is 546 g/mol. The van der Waals surface area contributed by atoms with E-state index < -0.39 is 27.3 Å².